The number of aromatic nitrogens is 1. The van der Waals surface area contributed by atoms with E-state index in [-0.39, 0.29) is 0 Å². The smallest absolute Gasteiger partial charge is 0.152 e. The van der Waals surface area contributed by atoms with E-state index in [1.54, 1.807) is 12.3 Å². The van der Waals surface area contributed by atoms with Gasteiger partial charge in [-0.05, 0) is 31.2 Å². The summed E-state index contributed by atoms with van der Waals surface area (Å²) >= 11 is 0. The molecule has 1 aromatic heterocycles. The fraction of sp³-hybridized carbons (Fsp3) is 0.500. The molecular weight excluding hydrogens is 200 g/mol. The Hall–Kier alpha value is -1.76. The fourth-order valence-corrected chi connectivity index (χ4v) is 2.96. The molecule has 4 nitrogen and oxygen atoms in total. The van der Waals surface area contributed by atoms with Crippen LogP contribution in [0, 0.1) is 17.2 Å². The maximum absolute atomic E-state index is 8.76. The Kier molecular flexibility index (Phi) is 2.00. The second-order valence-corrected chi connectivity index (χ2v) is 4.73. The molecule has 1 aromatic rings. The largest absolute Gasteiger partial charge is 0.396 e. The van der Waals surface area contributed by atoms with E-state index in [9.17, 15) is 0 Å². The third-order valence-corrected chi connectivity index (χ3v) is 3.71. The van der Waals surface area contributed by atoms with Crippen LogP contribution in [0.25, 0.3) is 0 Å². The molecule has 2 heterocycles. The summed E-state index contributed by atoms with van der Waals surface area (Å²) in [5.41, 5.74) is 7.12. The second kappa shape index (κ2) is 3.38. The summed E-state index contributed by atoms with van der Waals surface area (Å²) in [6, 6.07) is 4.39. The first-order valence-electron chi connectivity index (χ1n) is 5.70. The number of nitrogen functional groups attached to an aromatic ring is 1. The zero-order chi connectivity index (χ0) is 11.1. The molecule has 1 aliphatic heterocycles. The van der Waals surface area contributed by atoms with Crippen molar-refractivity contribution in [3.8, 4) is 6.07 Å². The maximum atomic E-state index is 8.76. The van der Waals surface area contributed by atoms with Crippen LogP contribution in [-0.2, 0) is 0 Å². The zero-order valence-corrected chi connectivity index (χ0v) is 9.06. The summed E-state index contributed by atoms with van der Waals surface area (Å²) in [6.45, 7) is 1.08. The van der Waals surface area contributed by atoms with Crippen molar-refractivity contribution in [2.45, 2.75) is 25.3 Å². The van der Waals surface area contributed by atoms with Crippen LogP contribution >= 0.6 is 0 Å². The number of hydrogen-bond donors (Lipinski definition) is 1. The molecular formula is C12H14N4. The maximum Gasteiger partial charge on any atom is 0.152 e. The molecule has 0 aromatic carbocycles. The van der Waals surface area contributed by atoms with Gasteiger partial charge in [-0.3, -0.25) is 0 Å². The Morgan fingerprint density at radius 2 is 2.38 bits per heavy atom. The summed E-state index contributed by atoms with van der Waals surface area (Å²) in [5, 5.41) is 8.76. The van der Waals surface area contributed by atoms with Crippen LogP contribution in [0.1, 0.15) is 24.8 Å². The van der Waals surface area contributed by atoms with Gasteiger partial charge in [-0.15, -0.1) is 0 Å². The number of rotatable bonds is 1. The Bertz CT molecular complexity index is 463. The van der Waals surface area contributed by atoms with Crippen molar-refractivity contribution in [3.05, 3.63) is 17.8 Å². The van der Waals surface area contributed by atoms with Gasteiger partial charge in [0.1, 0.15) is 6.07 Å². The molecule has 4 heteroatoms. The average molecular weight is 214 g/mol. The van der Waals surface area contributed by atoms with Gasteiger partial charge in [0.25, 0.3) is 0 Å². The Balaban J connectivity index is 1.93. The standard InChI is InChI=1S/C12H14N4/c13-5-9-4-11(14)12(15-6-9)16-7-8-1-2-10(16)3-8/h4,6,8,10H,1-3,7,14H2. The number of pyridine rings is 1. The van der Waals surface area contributed by atoms with E-state index in [1.165, 1.54) is 19.3 Å². The van der Waals surface area contributed by atoms with Gasteiger partial charge in [-0.25, -0.2) is 4.98 Å². The fourth-order valence-electron chi connectivity index (χ4n) is 2.96. The number of nitriles is 1. The number of anilines is 2. The van der Waals surface area contributed by atoms with Crippen LogP contribution in [0.3, 0.4) is 0 Å². The summed E-state index contributed by atoms with van der Waals surface area (Å²) in [6.07, 6.45) is 5.49. The Labute approximate surface area is 94.7 Å². The van der Waals surface area contributed by atoms with Gasteiger partial charge in [0.2, 0.25) is 0 Å². The van der Waals surface area contributed by atoms with Gasteiger partial charge in [0, 0.05) is 18.8 Å². The number of piperidine rings is 1. The van der Waals surface area contributed by atoms with E-state index in [0.717, 1.165) is 18.3 Å². The van der Waals surface area contributed by atoms with Crippen LogP contribution in [0.15, 0.2) is 12.3 Å². The first kappa shape index (κ1) is 9.46. The monoisotopic (exact) mass is 214 g/mol. The average Bonchev–Trinajstić information content (AvgIpc) is 2.90. The third-order valence-electron chi connectivity index (χ3n) is 3.71. The Morgan fingerprint density at radius 3 is 2.94 bits per heavy atom. The molecule has 2 fully saturated rings. The normalized spacial score (nSPS) is 27.1. The minimum atomic E-state index is 0.533. The van der Waals surface area contributed by atoms with E-state index in [0.29, 0.717) is 17.3 Å². The quantitative estimate of drug-likeness (QED) is 0.769. The van der Waals surface area contributed by atoms with Crippen LogP contribution in [-0.4, -0.2) is 17.6 Å². The minimum absolute atomic E-state index is 0.533. The first-order valence-corrected chi connectivity index (χ1v) is 5.70. The lowest BCUT2D eigenvalue weighted by Crippen LogP contribution is -2.33. The molecule has 16 heavy (non-hydrogen) atoms. The van der Waals surface area contributed by atoms with Crippen molar-refractivity contribution in [2.75, 3.05) is 17.2 Å². The molecule has 0 radical (unpaired) electrons. The highest BCUT2D eigenvalue weighted by Gasteiger charge is 2.38. The van der Waals surface area contributed by atoms with E-state index in [4.69, 9.17) is 11.0 Å². The van der Waals surface area contributed by atoms with Crippen molar-refractivity contribution in [1.82, 2.24) is 4.98 Å². The van der Waals surface area contributed by atoms with Crippen molar-refractivity contribution < 1.29 is 0 Å². The Morgan fingerprint density at radius 1 is 1.50 bits per heavy atom. The van der Waals surface area contributed by atoms with Crippen LogP contribution < -0.4 is 10.6 Å². The van der Waals surface area contributed by atoms with Crippen molar-refractivity contribution in [3.63, 3.8) is 0 Å². The second-order valence-electron chi connectivity index (χ2n) is 4.73. The molecule has 2 N–H and O–H groups in total. The third kappa shape index (κ3) is 1.32. The number of nitrogens with two attached hydrogens (primary N) is 1. The lowest BCUT2D eigenvalue weighted by molar-refractivity contribution is 0.551. The molecule has 1 saturated carbocycles. The lowest BCUT2D eigenvalue weighted by atomic mass is 10.1. The van der Waals surface area contributed by atoms with Gasteiger partial charge in [-0.2, -0.15) is 5.26 Å². The predicted octanol–water partition coefficient (Wildman–Crippen LogP) is 1.52. The summed E-state index contributed by atoms with van der Waals surface area (Å²) < 4.78 is 0. The molecule has 1 saturated heterocycles. The highest BCUT2D eigenvalue weighted by atomic mass is 15.3. The molecule has 1 aliphatic carbocycles. The highest BCUT2D eigenvalue weighted by Crippen LogP contribution is 2.40. The van der Waals surface area contributed by atoms with Gasteiger partial charge in [0.15, 0.2) is 5.82 Å². The molecule has 82 valence electrons. The minimum Gasteiger partial charge on any atom is -0.396 e. The van der Waals surface area contributed by atoms with Crippen LogP contribution in [0.2, 0.25) is 0 Å². The topological polar surface area (TPSA) is 65.9 Å². The molecule has 2 unspecified atom stereocenters. The lowest BCUT2D eigenvalue weighted by Gasteiger charge is -2.28. The molecule has 3 rings (SSSR count). The molecule has 0 spiro atoms. The SMILES string of the molecule is N#Cc1cnc(N2CC3CCC2C3)c(N)c1. The van der Waals surface area contributed by atoms with Crippen molar-refractivity contribution >= 4 is 11.5 Å². The summed E-state index contributed by atoms with van der Waals surface area (Å²) in [7, 11) is 0. The predicted molar refractivity (Wildman–Crippen MR) is 61.8 cm³/mol. The van der Waals surface area contributed by atoms with Crippen LogP contribution in [0.4, 0.5) is 11.5 Å². The van der Waals surface area contributed by atoms with E-state index in [1.807, 2.05) is 0 Å². The summed E-state index contributed by atoms with van der Waals surface area (Å²) in [4.78, 5) is 6.64. The number of hydrogen-bond acceptors (Lipinski definition) is 4. The van der Waals surface area contributed by atoms with Crippen molar-refractivity contribution in [1.29, 1.82) is 5.26 Å². The first-order chi connectivity index (χ1) is 7.78. The molecule has 2 bridgehead atoms. The highest BCUT2D eigenvalue weighted by molar-refractivity contribution is 5.65. The molecule has 2 atom stereocenters. The van der Waals surface area contributed by atoms with E-state index < -0.39 is 0 Å². The van der Waals surface area contributed by atoms with Gasteiger partial charge >= 0.3 is 0 Å². The van der Waals surface area contributed by atoms with E-state index in [2.05, 4.69) is 16.0 Å². The van der Waals surface area contributed by atoms with Gasteiger partial charge in [0.05, 0.1) is 11.3 Å². The van der Waals surface area contributed by atoms with Gasteiger partial charge < -0.3 is 10.6 Å². The molecule has 0 amide bonds. The summed E-state index contributed by atoms with van der Waals surface area (Å²) in [5.74, 6) is 1.69. The van der Waals surface area contributed by atoms with Gasteiger partial charge in [-0.1, -0.05) is 0 Å². The number of nitrogens with zero attached hydrogens (tertiary/aromatic N) is 3. The van der Waals surface area contributed by atoms with Crippen molar-refractivity contribution in [2.24, 2.45) is 5.92 Å². The molecule has 2 aliphatic rings. The van der Waals surface area contributed by atoms with Crippen LogP contribution in [0.5, 0.6) is 0 Å². The zero-order valence-electron chi connectivity index (χ0n) is 9.06. The number of fused-ring (bicyclic) bond motifs is 2. The van der Waals surface area contributed by atoms with E-state index >= 15 is 0 Å².